The minimum atomic E-state index is -0.405. The van der Waals surface area contributed by atoms with Crippen molar-refractivity contribution < 1.29 is 18.7 Å². The number of benzene rings is 2. The van der Waals surface area contributed by atoms with Gasteiger partial charge in [0.1, 0.15) is 5.82 Å². The van der Waals surface area contributed by atoms with Crippen molar-refractivity contribution in [3.8, 4) is 11.4 Å². The number of carbonyl (C=O) groups excluding carboxylic acids is 2. The number of nitrogens with one attached hydrogen (secondary N) is 1. The monoisotopic (exact) mass is 456 g/mol. The van der Waals surface area contributed by atoms with Gasteiger partial charge in [-0.3, -0.25) is 4.79 Å². The van der Waals surface area contributed by atoms with Gasteiger partial charge >= 0.3 is 5.97 Å². The molecule has 1 amide bonds. The quantitative estimate of drug-likeness (QED) is 0.388. The second-order valence-corrected chi connectivity index (χ2v) is 8.49. The lowest BCUT2D eigenvalue weighted by molar-refractivity contribution is -0.118. The second-order valence-electron chi connectivity index (χ2n) is 7.54. The molecule has 0 aliphatic carbocycles. The highest BCUT2D eigenvalue weighted by Gasteiger charge is 2.18. The molecule has 1 aromatic heterocycles. The summed E-state index contributed by atoms with van der Waals surface area (Å²) in [7, 11) is 1.33. The van der Waals surface area contributed by atoms with E-state index in [1.54, 1.807) is 42.5 Å². The lowest BCUT2D eigenvalue weighted by Gasteiger charge is -2.13. The molecule has 3 rings (SSSR count). The van der Waals surface area contributed by atoms with Crippen LogP contribution in [0.25, 0.3) is 11.4 Å². The number of hydrogen-bond donors (Lipinski definition) is 1. The number of rotatable bonds is 9. The standard InChI is InChI=1S/C23H25FN4O3S/c1-15(2)13-28-21(18-6-4-5-7-19(18)24)26-27-23(28)32-14-20(29)25-12-16-8-10-17(11-9-16)22(30)31-3/h4-11,15H,12-14H2,1-3H3,(H,25,29). The smallest absolute Gasteiger partial charge is 0.337 e. The number of methoxy groups -OCH3 is 1. The Hall–Kier alpha value is -3.20. The molecule has 0 aliphatic heterocycles. The predicted molar refractivity (Wildman–Crippen MR) is 121 cm³/mol. The normalized spacial score (nSPS) is 10.9. The molecule has 0 bridgehead atoms. The number of amides is 1. The third-order valence-corrected chi connectivity index (χ3v) is 5.54. The van der Waals surface area contributed by atoms with Crippen LogP contribution < -0.4 is 5.32 Å². The number of carbonyl (C=O) groups is 2. The fraction of sp³-hybridized carbons (Fsp3) is 0.304. The summed E-state index contributed by atoms with van der Waals surface area (Å²) in [6, 6.07) is 13.3. The molecule has 0 fully saturated rings. The van der Waals surface area contributed by atoms with E-state index in [0.717, 1.165) is 5.56 Å². The maximum atomic E-state index is 14.3. The number of hydrogen-bond acceptors (Lipinski definition) is 6. The van der Waals surface area contributed by atoms with E-state index < -0.39 is 5.97 Å². The average Bonchev–Trinajstić information content (AvgIpc) is 3.17. The summed E-state index contributed by atoms with van der Waals surface area (Å²) in [6.07, 6.45) is 0. The van der Waals surface area contributed by atoms with Crippen LogP contribution >= 0.6 is 11.8 Å². The molecule has 0 atom stereocenters. The molecular weight excluding hydrogens is 431 g/mol. The Kier molecular flexibility index (Phi) is 7.99. The van der Waals surface area contributed by atoms with Gasteiger partial charge in [-0.1, -0.05) is 49.9 Å². The van der Waals surface area contributed by atoms with Crippen LogP contribution in [0.4, 0.5) is 4.39 Å². The van der Waals surface area contributed by atoms with E-state index in [2.05, 4.69) is 34.1 Å². The highest BCUT2D eigenvalue weighted by atomic mass is 32.2. The van der Waals surface area contributed by atoms with E-state index in [4.69, 9.17) is 0 Å². The van der Waals surface area contributed by atoms with Gasteiger partial charge in [0.2, 0.25) is 5.91 Å². The first kappa shape index (κ1) is 23.5. The topological polar surface area (TPSA) is 86.1 Å². The molecule has 0 unspecified atom stereocenters. The minimum absolute atomic E-state index is 0.147. The summed E-state index contributed by atoms with van der Waals surface area (Å²) >= 11 is 1.26. The molecule has 7 nitrogen and oxygen atoms in total. The molecule has 0 radical (unpaired) electrons. The maximum absolute atomic E-state index is 14.3. The van der Waals surface area contributed by atoms with Crippen LogP contribution in [0.2, 0.25) is 0 Å². The van der Waals surface area contributed by atoms with Crippen molar-refractivity contribution >= 4 is 23.6 Å². The highest BCUT2D eigenvalue weighted by molar-refractivity contribution is 7.99. The summed E-state index contributed by atoms with van der Waals surface area (Å²) in [5.74, 6) is -0.0513. The Balaban J connectivity index is 1.63. The maximum Gasteiger partial charge on any atom is 0.337 e. The van der Waals surface area contributed by atoms with E-state index in [1.807, 2.05) is 4.57 Å². The minimum Gasteiger partial charge on any atom is -0.465 e. The zero-order valence-corrected chi connectivity index (χ0v) is 19.0. The van der Waals surface area contributed by atoms with E-state index in [-0.39, 0.29) is 23.4 Å². The predicted octanol–water partition coefficient (Wildman–Crippen LogP) is 3.94. The largest absolute Gasteiger partial charge is 0.465 e. The van der Waals surface area contributed by atoms with Crippen LogP contribution in [-0.4, -0.2) is 39.5 Å². The second kappa shape index (κ2) is 10.9. The van der Waals surface area contributed by atoms with Crippen molar-refractivity contribution in [3.05, 3.63) is 65.5 Å². The van der Waals surface area contributed by atoms with Crippen LogP contribution in [-0.2, 0) is 22.6 Å². The van der Waals surface area contributed by atoms with Crippen molar-refractivity contribution in [2.24, 2.45) is 5.92 Å². The Morgan fingerprint density at radius 2 is 1.84 bits per heavy atom. The fourth-order valence-electron chi connectivity index (χ4n) is 3.03. The molecule has 0 saturated carbocycles. The lowest BCUT2D eigenvalue weighted by Crippen LogP contribution is -2.24. The van der Waals surface area contributed by atoms with Gasteiger partial charge in [-0.25, -0.2) is 9.18 Å². The lowest BCUT2D eigenvalue weighted by atomic mass is 10.1. The molecule has 32 heavy (non-hydrogen) atoms. The third kappa shape index (κ3) is 5.94. The Morgan fingerprint density at radius 1 is 1.12 bits per heavy atom. The number of thioether (sulfide) groups is 1. The van der Waals surface area contributed by atoms with Gasteiger partial charge in [-0.05, 0) is 35.7 Å². The van der Waals surface area contributed by atoms with Gasteiger partial charge in [-0.15, -0.1) is 10.2 Å². The van der Waals surface area contributed by atoms with Crippen molar-refractivity contribution in [2.45, 2.75) is 32.1 Å². The first-order valence-electron chi connectivity index (χ1n) is 10.1. The van der Waals surface area contributed by atoms with Crippen LogP contribution in [0, 0.1) is 11.7 Å². The SMILES string of the molecule is COC(=O)c1ccc(CNC(=O)CSc2nnc(-c3ccccc3F)n2CC(C)C)cc1. The van der Waals surface area contributed by atoms with E-state index in [0.29, 0.717) is 35.2 Å². The Labute approximate surface area is 190 Å². The molecule has 1 heterocycles. The fourth-order valence-corrected chi connectivity index (χ4v) is 3.80. The van der Waals surface area contributed by atoms with E-state index >= 15 is 0 Å². The summed E-state index contributed by atoms with van der Waals surface area (Å²) in [5, 5.41) is 11.8. The van der Waals surface area contributed by atoms with Crippen LogP contribution in [0.15, 0.2) is 53.7 Å². The number of esters is 1. The van der Waals surface area contributed by atoms with Crippen LogP contribution in [0.1, 0.15) is 29.8 Å². The molecule has 0 aliphatic rings. The zero-order chi connectivity index (χ0) is 23.1. The summed E-state index contributed by atoms with van der Waals surface area (Å²) in [5.41, 5.74) is 1.70. The molecule has 168 valence electrons. The van der Waals surface area contributed by atoms with Crippen molar-refractivity contribution in [1.82, 2.24) is 20.1 Å². The highest BCUT2D eigenvalue weighted by Crippen LogP contribution is 2.26. The average molecular weight is 457 g/mol. The van der Waals surface area contributed by atoms with Gasteiger partial charge in [-0.2, -0.15) is 0 Å². The van der Waals surface area contributed by atoms with Crippen molar-refractivity contribution in [1.29, 1.82) is 0 Å². The Bertz CT molecular complexity index is 1080. The van der Waals surface area contributed by atoms with Crippen LogP contribution in [0.3, 0.4) is 0 Å². The zero-order valence-electron chi connectivity index (χ0n) is 18.2. The number of nitrogens with zero attached hydrogens (tertiary/aromatic N) is 3. The number of halogens is 1. The first-order chi connectivity index (χ1) is 15.4. The van der Waals surface area contributed by atoms with E-state index in [9.17, 15) is 14.0 Å². The molecule has 3 aromatic rings. The molecule has 0 spiro atoms. The molecular formula is C23H25FN4O3S. The number of ether oxygens (including phenoxy) is 1. The third-order valence-electron chi connectivity index (χ3n) is 4.58. The van der Waals surface area contributed by atoms with Gasteiger partial charge in [0.25, 0.3) is 0 Å². The van der Waals surface area contributed by atoms with Gasteiger partial charge in [0.05, 0.1) is 24.0 Å². The van der Waals surface area contributed by atoms with Gasteiger partial charge < -0.3 is 14.6 Å². The van der Waals surface area contributed by atoms with E-state index in [1.165, 1.54) is 24.9 Å². The molecule has 2 aromatic carbocycles. The van der Waals surface area contributed by atoms with Gasteiger partial charge in [0, 0.05) is 13.1 Å². The molecule has 0 saturated heterocycles. The molecule has 9 heteroatoms. The van der Waals surface area contributed by atoms with Crippen molar-refractivity contribution in [2.75, 3.05) is 12.9 Å². The summed E-state index contributed by atoms with van der Waals surface area (Å²) in [4.78, 5) is 23.8. The first-order valence-corrected chi connectivity index (χ1v) is 11.1. The van der Waals surface area contributed by atoms with Crippen LogP contribution in [0.5, 0.6) is 0 Å². The summed E-state index contributed by atoms with van der Waals surface area (Å²) in [6.45, 7) is 5.04. The Morgan fingerprint density at radius 3 is 2.50 bits per heavy atom. The summed E-state index contributed by atoms with van der Waals surface area (Å²) < 4.78 is 20.8. The molecule has 1 N–H and O–H groups in total. The van der Waals surface area contributed by atoms with Crippen molar-refractivity contribution in [3.63, 3.8) is 0 Å². The number of aromatic nitrogens is 3. The van der Waals surface area contributed by atoms with Gasteiger partial charge in [0.15, 0.2) is 11.0 Å².